The summed E-state index contributed by atoms with van der Waals surface area (Å²) < 4.78 is 1.96. The number of hydrogen-bond acceptors (Lipinski definition) is 7. The molecule has 2 heterocycles. The SMILES string of the molecule is CCn1c(SCC(=O)Nc2nc(-c3ccc(C)cc3)cs2)nnc1[C@@H](NC(=O)c1cccc(C)c1)C(C)C. The number of thiazole rings is 1. The first kappa shape index (κ1) is 27.5. The van der Waals surface area contributed by atoms with Crippen LogP contribution in [0, 0.1) is 19.8 Å². The molecule has 0 fully saturated rings. The number of hydrogen-bond donors (Lipinski definition) is 2. The van der Waals surface area contributed by atoms with E-state index in [-0.39, 0.29) is 29.5 Å². The van der Waals surface area contributed by atoms with Crippen LogP contribution in [-0.4, -0.2) is 37.3 Å². The number of nitrogens with zero attached hydrogens (tertiary/aromatic N) is 4. The van der Waals surface area contributed by atoms with E-state index in [4.69, 9.17) is 0 Å². The average molecular weight is 549 g/mol. The third-order valence-corrected chi connectivity index (χ3v) is 7.73. The number of carbonyl (C=O) groups excluding carboxylic acids is 2. The molecule has 10 heteroatoms. The first-order valence-electron chi connectivity index (χ1n) is 12.5. The number of benzene rings is 2. The maximum Gasteiger partial charge on any atom is 0.251 e. The fourth-order valence-corrected chi connectivity index (χ4v) is 5.49. The van der Waals surface area contributed by atoms with Gasteiger partial charge in [0.2, 0.25) is 5.91 Å². The smallest absolute Gasteiger partial charge is 0.251 e. The van der Waals surface area contributed by atoms with Gasteiger partial charge in [0.1, 0.15) is 0 Å². The topological polar surface area (TPSA) is 102 Å². The van der Waals surface area contributed by atoms with Gasteiger partial charge in [-0.25, -0.2) is 4.98 Å². The second-order valence-corrected chi connectivity index (χ2v) is 11.2. The van der Waals surface area contributed by atoms with E-state index in [1.807, 2.05) is 87.0 Å². The lowest BCUT2D eigenvalue weighted by molar-refractivity contribution is -0.113. The fraction of sp³-hybridized carbons (Fsp3) is 0.321. The number of rotatable bonds is 10. The molecule has 0 spiro atoms. The van der Waals surface area contributed by atoms with Gasteiger partial charge in [0.05, 0.1) is 17.5 Å². The molecule has 0 aliphatic heterocycles. The lowest BCUT2D eigenvalue weighted by atomic mass is 10.0. The van der Waals surface area contributed by atoms with Crippen molar-refractivity contribution in [3.05, 3.63) is 76.4 Å². The molecule has 2 aromatic heterocycles. The van der Waals surface area contributed by atoms with Gasteiger partial charge in [0.15, 0.2) is 16.1 Å². The summed E-state index contributed by atoms with van der Waals surface area (Å²) in [4.78, 5) is 30.2. The highest BCUT2D eigenvalue weighted by Gasteiger charge is 2.26. The second-order valence-electron chi connectivity index (χ2n) is 9.39. The first-order valence-corrected chi connectivity index (χ1v) is 14.4. The van der Waals surface area contributed by atoms with Crippen LogP contribution in [0.4, 0.5) is 5.13 Å². The molecule has 0 saturated heterocycles. The quantitative estimate of drug-likeness (QED) is 0.239. The molecular formula is C28H32N6O2S2. The Bertz CT molecular complexity index is 1410. The maximum atomic E-state index is 13.0. The third kappa shape index (κ3) is 6.68. The highest BCUT2D eigenvalue weighted by molar-refractivity contribution is 7.99. The van der Waals surface area contributed by atoms with Crippen LogP contribution >= 0.6 is 23.1 Å². The normalized spacial score (nSPS) is 11.9. The Morgan fingerprint density at radius 2 is 1.82 bits per heavy atom. The van der Waals surface area contributed by atoms with Crippen molar-refractivity contribution in [2.75, 3.05) is 11.1 Å². The first-order chi connectivity index (χ1) is 18.2. The second kappa shape index (κ2) is 12.4. The van der Waals surface area contributed by atoms with Gasteiger partial charge in [-0.1, -0.05) is 73.1 Å². The molecule has 198 valence electrons. The highest BCUT2D eigenvalue weighted by Crippen LogP contribution is 2.27. The van der Waals surface area contributed by atoms with Gasteiger partial charge in [-0.2, -0.15) is 0 Å². The summed E-state index contributed by atoms with van der Waals surface area (Å²) in [5.41, 5.74) is 4.67. The lowest BCUT2D eigenvalue weighted by Crippen LogP contribution is -2.33. The summed E-state index contributed by atoms with van der Waals surface area (Å²) in [6.07, 6.45) is 0. The van der Waals surface area contributed by atoms with Crippen LogP contribution in [0.1, 0.15) is 54.1 Å². The van der Waals surface area contributed by atoms with E-state index in [0.717, 1.165) is 16.8 Å². The monoisotopic (exact) mass is 548 g/mol. The molecule has 0 unspecified atom stereocenters. The Morgan fingerprint density at radius 3 is 2.50 bits per heavy atom. The van der Waals surface area contributed by atoms with E-state index in [1.165, 1.54) is 28.7 Å². The Morgan fingerprint density at radius 1 is 1.05 bits per heavy atom. The minimum atomic E-state index is -0.325. The van der Waals surface area contributed by atoms with Crippen molar-refractivity contribution in [2.24, 2.45) is 5.92 Å². The number of carbonyl (C=O) groups is 2. The Hall–Kier alpha value is -3.50. The van der Waals surface area contributed by atoms with Crippen LogP contribution in [-0.2, 0) is 11.3 Å². The van der Waals surface area contributed by atoms with Crippen LogP contribution in [0.3, 0.4) is 0 Å². The molecular weight excluding hydrogens is 516 g/mol. The molecule has 0 aliphatic carbocycles. The molecule has 0 aliphatic rings. The Balaban J connectivity index is 1.40. The van der Waals surface area contributed by atoms with Crippen LogP contribution < -0.4 is 10.6 Å². The van der Waals surface area contributed by atoms with Gasteiger partial charge in [-0.15, -0.1) is 21.5 Å². The van der Waals surface area contributed by atoms with E-state index in [1.54, 1.807) is 6.07 Å². The van der Waals surface area contributed by atoms with Crippen molar-refractivity contribution >= 4 is 40.0 Å². The summed E-state index contributed by atoms with van der Waals surface area (Å²) in [6.45, 7) is 10.7. The number of nitrogens with one attached hydrogen (secondary N) is 2. The lowest BCUT2D eigenvalue weighted by Gasteiger charge is -2.22. The standard InChI is InChI=1S/C28H32N6O2S2/c1-6-34-25(24(17(2)3)31-26(36)21-9-7-8-19(5)14-21)32-33-28(34)38-16-23(35)30-27-29-22(15-37-27)20-12-10-18(4)11-13-20/h7-15,17,24H,6,16H2,1-5H3,(H,31,36)(H,29,30,35)/t24-/m0/s1. The predicted molar refractivity (Wildman–Crippen MR) is 154 cm³/mol. The van der Waals surface area contributed by atoms with Gasteiger partial charge in [0, 0.05) is 23.1 Å². The molecule has 8 nitrogen and oxygen atoms in total. The van der Waals surface area contributed by atoms with Crippen LogP contribution in [0.25, 0.3) is 11.3 Å². The molecule has 0 bridgehead atoms. The molecule has 4 rings (SSSR count). The zero-order chi connectivity index (χ0) is 27.2. The minimum Gasteiger partial charge on any atom is -0.342 e. The van der Waals surface area contributed by atoms with E-state index in [9.17, 15) is 9.59 Å². The molecule has 2 amide bonds. The van der Waals surface area contributed by atoms with Crippen LogP contribution in [0.2, 0.25) is 0 Å². The Labute approximate surface area is 231 Å². The molecule has 4 aromatic rings. The molecule has 2 N–H and O–H groups in total. The number of anilines is 1. The minimum absolute atomic E-state index is 0.0898. The summed E-state index contributed by atoms with van der Waals surface area (Å²) in [5, 5.41) is 17.9. The zero-order valence-electron chi connectivity index (χ0n) is 22.2. The van der Waals surface area contributed by atoms with Gasteiger partial charge in [-0.05, 0) is 38.8 Å². The van der Waals surface area contributed by atoms with Gasteiger partial charge in [-0.3, -0.25) is 9.59 Å². The van der Waals surface area contributed by atoms with Crippen molar-refractivity contribution in [1.82, 2.24) is 25.1 Å². The summed E-state index contributed by atoms with van der Waals surface area (Å²) in [6, 6.07) is 15.3. The van der Waals surface area contributed by atoms with E-state index in [2.05, 4.69) is 25.8 Å². The molecule has 1 atom stereocenters. The summed E-state index contributed by atoms with van der Waals surface area (Å²) in [5.74, 6) is 0.612. The largest absolute Gasteiger partial charge is 0.342 e. The molecule has 0 radical (unpaired) electrons. The highest BCUT2D eigenvalue weighted by atomic mass is 32.2. The van der Waals surface area contributed by atoms with Crippen molar-refractivity contribution in [1.29, 1.82) is 0 Å². The molecule has 2 aromatic carbocycles. The number of aryl methyl sites for hydroxylation is 2. The fourth-order valence-electron chi connectivity index (χ4n) is 3.95. The van der Waals surface area contributed by atoms with Gasteiger partial charge < -0.3 is 15.2 Å². The summed E-state index contributed by atoms with van der Waals surface area (Å²) in [7, 11) is 0. The molecule has 0 saturated carbocycles. The third-order valence-electron chi connectivity index (χ3n) is 6.00. The molecule has 38 heavy (non-hydrogen) atoms. The Kier molecular flexibility index (Phi) is 8.96. The van der Waals surface area contributed by atoms with Crippen molar-refractivity contribution in [3.8, 4) is 11.3 Å². The van der Waals surface area contributed by atoms with E-state index >= 15 is 0 Å². The average Bonchev–Trinajstić information content (AvgIpc) is 3.53. The van der Waals surface area contributed by atoms with Crippen molar-refractivity contribution < 1.29 is 9.59 Å². The number of thioether (sulfide) groups is 1. The van der Waals surface area contributed by atoms with E-state index in [0.29, 0.717) is 28.2 Å². The maximum absolute atomic E-state index is 13.0. The van der Waals surface area contributed by atoms with Gasteiger partial charge in [0.25, 0.3) is 5.91 Å². The van der Waals surface area contributed by atoms with E-state index < -0.39 is 0 Å². The van der Waals surface area contributed by atoms with Gasteiger partial charge >= 0.3 is 0 Å². The van der Waals surface area contributed by atoms with Crippen LogP contribution in [0.5, 0.6) is 0 Å². The van der Waals surface area contributed by atoms with Crippen LogP contribution in [0.15, 0.2) is 59.1 Å². The predicted octanol–water partition coefficient (Wildman–Crippen LogP) is 5.90. The number of aromatic nitrogens is 4. The summed E-state index contributed by atoms with van der Waals surface area (Å²) >= 11 is 2.71. The zero-order valence-corrected chi connectivity index (χ0v) is 23.8. The number of amides is 2. The van der Waals surface area contributed by atoms with Crippen molar-refractivity contribution in [2.45, 2.75) is 52.4 Å². The van der Waals surface area contributed by atoms with Crippen molar-refractivity contribution in [3.63, 3.8) is 0 Å².